The second kappa shape index (κ2) is 6.83. The van der Waals surface area contributed by atoms with Gasteiger partial charge in [-0.05, 0) is 37.0 Å². The molecule has 0 unspecified atom stereocenters. The Bertz CT molecular complexity index is 654. The van der Waals surface area contributed by atoms with Crippen molar-refractivity contribution in [1.82, 2.24) is 0 Å². The van der Waals surface area contributed by atoms with Crippen LogP contribution in [0, 0.1) is 17.8 Å². The maximum atomic E-state index is 12.1. The topological polar surface area (TPSA) is 75.6 Å². The van der Waals surface area contributed by atoms with E-state index in [0.29, 0.717) is 23.4 Å². The zero-order chi connectivity index (χ0) is 15.3. The minimum Gasteiger partial charge on any atom is -0.495 e. The molecule has 1 saturated carbocycles. The number of benzene rings is 1. The van der Waals surface area contributed by atoms with Gasteiger partial charge in [0.2, 0.25) is 10.0 Å². The number of hydrogen-bond donors (Lipinski definition) is 2. The first-order valence-corrected chi connectivity index (χ1v) is 8.47. The van der Waals surface area contributed by atoms with Crippen molar-refractivity contribution in [3.05, 3.63) is 23.8 Å². The fraction of sp³-hybridized carbons (Fsp3) is 0.467. The van der Waals surface area contributed by atoms with Crippen molar-refractivity contribution < 1.29 is 18.3 Å². The molecule has 0 aliphatic heterocycles. The van der Waals surface area contributed by atoms with E-state index in [-0.39, 0.29) is 18.3 Å². The third-order valence-corrected chi connectivity index (χ3v) is 4.53. The van der Waals surface area contributed by atoms with Crippen LogP contribution >= 0.6 is 0 Å². The summed E-state index contributed by atoms with van der Waals surface area (Å²) in [6.45, 7) is 0.00400. The molecule has 0 saturated heterocycles. The highest BCUT2D eigenvalue weighted by atomic mass is 32.2. The predicted molar refractivity (Wildman–Crippen MR) is 81.7 cm³/mol. The Kier molecular flexibility index (Phi) is 5.10. The molecule has 0 atom stereocenters. The van der Waals surface area contributed by atoms with Gasteiger partial charge in [-0.3, -0.25) is 4.72 Å². The highest BCUT2D eigenvalue weighted by molar-refractivity contribution is 7.92. The number of nitrogens with one attached hydrogen (secondary N) is 1. The van der Waals surface area contributed by atoms with Crippen LogP contribution in [-0.4, -0.2) is 33.0 Å². The number of aliphatic hydroxyl groups is 1. The summed E-state index contributed by atoms with van der Waals surface area (Å²) in [4.78, 5) is 0. The highest BCUT2D eigenvalue weighted by Crippen LogP contribution is 2.32. The van der Waals surface area contributed by atoms with Crippen LogP contribution in [0.3, 0.4) is 0 Å². The molecule has 2 N–H and O–H groups in total. The van der Waals surface area contributed by atoms with Crippen LogP contribution in [0.1, 0.15) is 24.8 Å². The van der Waals surface area contributed by atoms with E-state index in [1.807, 2.05) is 0 Å². The van der Waals surface area contributed by atoms with Crippen LogP contribution in [0.25, 0.3) is 0 Å². The summed E-state index contributed by atoms with van der Waals surface area (Å²) >= 11 is 0. The normalized spacial score (nSPS) is 14.2. The molecule has 1 aliphatic carbocycles. The fourth-order valence-electron chi connectivity index (χ4n) is 1.89. The third kappa shape index (κ3) is 4.96. The zero-order valence-electron chi connectivity index (χ0n) is 11.9. The van der Waals surface area contributed by atoms with Crippen molar-refractivity contribution in [3.8, 4) is 17.6 Å². The van der Waals surface area contributed by atoms with Gasteiger partial charge in [0.15, 0.2) is 0 Å². The predicted octanol–water partition coefficient (Wildman–Crippen LogP) is 1.58. The average Bonchev–Trinajstić information content (AvgIpc) is 3.22. The molecule has 0 aromatic heterocycles. The zero-order valence-corrected chi connectivity index (χ0v) is 12.7. The van der Waals surface area contributed by atoms with E-state index in [1.54, 1.807) is 18.2 Å². The van der Waals surface area contributed by atoms with Gasteiger partial charge in [0, 0.05) is 12.0 Å². The number of sulfonamides is 1. The SMILES string of the molecule is COc1ccc(C#CCCO)cc1NS(=O)(=O)CC1CC1. The number of hydrogen-bond acceptors (Lipinski definition) is 4. The Balaban J connectivity index is 2.19. The molecular weight excluding hydrogens is 290 g/mol. The van der Waals surface area contributed by atoms with Crippen LogP contribution in [0.5, 0.6) is 5.75 Å². The molecule has 1 aromatic rings. The molecule has 0 bridgehead atoms. The number of aliphatic hydroxyl groups excluding tert-OH is 1. The van der Waals surface area contributed by atoms with E-state index >= 15 is 0 Å². The first-order valence-electron chi connectivity index (χ1n) is 6.82. The number of ether oxygens (including phenoxy) is 1. The van der Waals surface area contributed by atoms with E-state index in [0.717, 1.165) is 12.8 Å². The number of anilines is 1. The van der Waals surface area contributed by atoms with Gasteiger partial charge in [-0.1, -0.05) is 11.8 Å². The van der Waals surface area contributed by atoms with Crippen LogP contribution < -0.4 is 9.46 Å². The van der Waals surface area contributed by atoms with Crippen molar-refractivity contribution in [2.75, 3.05) is 24.2 Å². The van der Waals surface area contributed by atoms with E-state index in [4.69, 9.17) is 9.84 Å². The Hall–Kier alpha value is -1.71. The molecule has 0 heterocycles. The summed E-state index contributed by atoms with van der Waals surface area (Å²) in [7, 11) is -1.87. The lowest BCUT2D eigenvalue weighted by atomic mass is 10.2. The van der Waals surface area contributed by atoms with Crippen molar-refractivity contribution in [3.63, 3.8) is 0 Å². The molecule has 5 nitrogen and oxygen atoms in total. The van der Waals surface area contributed by atoms with Gasteiger partial charge in [0.25, 0.3) is 0 Å². The third-order valence-electron chi connectivity index (χ3n) is 3.09. The molecule has 1 aromatic carbocycles. The second-order valence-electron chi connectivity index (χ2n) is 5.02. The maximum absolute atomic E-state index is 12.1. The summed E-state index contributed by atoms with van der Waals surface area (Å²) in [5.41, 5.74) is 1.07. The Morgan fingerprint density at radius 3 is 2.81 bits per heavy atom. The molecule has 6 heteroatoms. The van der Waals surface area contributed by atoms with Crippen LogP contribution in [0.2, 0.25) is 0 Å². The van der Waals surface area contributed by atoms with Crippen molar-refractivity contribution >= 4 is 15.7 Å². The fourth-order valence-corrected chi connectivity index (χ4v) is 3.42. The van der Waals surface area contributed by atoms with Crippen molar-refractivity contribution in [2.45, 2.75) is 19.3 Å². The van der Waals surface area contributed by atoms with E-state index in [1.165, 1.54) is 7.11 Å². The maximum Gasteiger partial charge on any atom is 0.233 e. The molecule has 114 valence electrons. The van der Waals surface area contributed by atoms with Gasteiger partial charge in [0.05, 0.1) is 25.2 Å². The van der Waals surface area contributed by atoms with E-state index in [9.17, 15) is 8.42 Å². The molecule has 0 amide bonds. The monoisotopic (exact) mass is 309 g/mol. The smallest absolute Gasteiger partial charge is 0.233 e. The number of rotatable bonds is 6. The minimum atomic E-state index is -3.36. The van der Waals surface area contributed by atoms with Gasteiger partial charge in [-0.25, -0.2) is 8.42 Å². The highest BCUT2D eigenvalue weighted by Gasteiger charge is 2.28. The molecule has 21 heavy (non-hydrogen) atoms. The van der Waals surface area contributed by atoms with Gasteiger partial charge >= 0.3 is 0 Å². The molecule has 0 spiro atoms. The summed E-state index contributed by atoms with van der Waals surface area (Å²) in [5, 5.41) is 8.71. The Morgan fingerprint density at radius 1 is 1.43 bits per heavy atom. The van der Waals surface area contributed by atoms with Gasteiger partial charge in [0.1, 0.15) is 5.75 Å². The second-order valence-corrected chi connectivity index (χ2v) is 6.78. The standard InChI is InChI=1S/C15H19NO4S/c1-20-15-8-7-12(4-2-3-9-17)10-14(15)16-21(18,19)11-13-5-6-13/h7-8,10,13,16-17H,3,5-6,9,11H2,1H3. The number of methoxy groups -OCH3 is 1. The molecule has 0 radical (unpaired) electrons. The quantitative estimate of drug-likeness (QED) is 0.782. The Labute approximate surface area is 125 Å². The summed E-state index contributed by atoms with van der Waals surface area (Å²) in [5.74, 6) is 6.57. The Morgan fingerprint density at radius 2 is 2.19 bits per heavy atom. The lowest BCUT2D eigenvalue weighted by Gasteiger charge is -2.12. The average molecular weight is 309 g/mol. The molecule has 1 aliphatic rings. The van der Waals surface area contributed by atoms with Crippen molar-refractivity contribution in [2.24, 2.45) is 5.92 Å². The van der Waals surface area contributed by atoms with Gasteiger partial charge < -0.3 is 9.84 Å². The molecular formula is C15H19NO4S. The summed E-state index contributed by atoms with van der Waals surface area (Å²) in [6, 6.07) is 5.08. The first-order chi connectivity index (χ1) is 10.0. The van der Waals surface area contributed by atoms with Gasteiger partial charge in [-0.2, -0.15) is 0 Å². The lowest BCUT2D eigenvalue weighted by Crippen LogP contribution is -2.18. The summed E-state index contributed by atoms with van der Waals surface area (Å²) < 4.78 is 31.9. The van der Waals surface area contributed by atoms with Crippen molar-refractivity contribution in [1.29, 1.82) is 0 Å². The first kappa shape index (κ1) is 15.7. The molecule has 2 rings (SSSR count). The van der Waals surface area contributed by atoms with Crippen LogP contribution in [0.4, 0.5) is 5.69 Å². The van der Waals surface area contributed by atoms with Crippen LogP contribution in [0.15, 0.2) is 18.2 Å². The minimum absolute atomic E-state index is 0.00400. The van der Waals surface area contributed by atoms with E-state index in [2.05, 4.69) is 16.6 Å². The van der Waals surface area contributed by atoms with Crippen LogP contribution in [-0.2, 0) is 10.0 Å². The van der Waals surface area contributed by atoms with Gasteiger partial charge in [-0.15, -0.1) is 0 Å². The summed E-state index contributed by atoms with van der Waals surface area (Å²) in [6.07, 6.45) is 2.34. The largest absolute Gasteiger partial charge is 0.495 e. The molecule has 1 fully saturated rings. The lowest BCUT2D eigenvalue weighted by molar-refractivity contribution is 0.305. The van der Waals surface area contributed by atoms with E-state index < -0.39 is 10.0 Å².